The SMILES string of the molecule is Cc1ncsc1CN=C(NCCc1ccco1)Nc1ccc(OC(C)C)cc1.I. The van der Waals surface area contributed by atoms with E-state index in [0.717, 1.165) is 46.7 Å². The third kappa shape index (κ3) is 7.69. The summed E-state index contributed by atoms with van der Waals surface area (Å²) in [7, 11) is 0. The maximum Gasteiger partial charge on any atom is 0.196 e. The van der Waals surface area contributed by atoms with Gasteiger partial charge in [-0.1, -0.05) is 0 Å². The van der Waals surface area contributed by atoms with Gasteiger partial charge in [0.25, 0.3) is 0 Å². The lowest BCUT2D eigenvalue weighted by molar-refractivity contribution is 0.242. The number of furan rings is 1. The Bertz CT molecular complexity index is 876. The smallest absolute Gasteiger partial charge is 0.196 e. The van der Waals surface area contributed by atoms with Gasteiger partial charge in [-0.25, -0.2) is 9.98 Å². The van der Waals surface area contributed by atoms with Crippen molar-refractivity contribution in [1.29, 1.82) is 0 Å². The molecule has 0 atom stereocenters. The molecule has 8 heteroatoms. The molecule has 0 aliphatic heterocycles. The molecule has 156 valence electrons. The zero-order valence-electron chi connectivity index (χ0n) is 16.8. The van der Waals surface area contributed by atoms with Gasteiger partial charge < -0.3 is 19.8 Å². The second-order valence-corrected chi connectivity index (χ2v) is 7.54. The van der Waals surface area contributed by atoms with Crippen LogP contribution in [0.4, 0.5) is 5.69 Å². The molecule has 2 aromatic heterocycles. The van der Waals surface area contributed by atoms with Gasteiger partial charge in [0.15, 0.2) is 5.96 Å². The largest absolute Gasteiger partial charge is 0.491 e. The Hall–Kier alpha value is -2.07. The summed E-state index contributed by atoms with van der Waals surface area (Å²) in [5.41, 5.74) is 3.82. The predicted octanol–water partition coefficient (Wildman–Crippen LogP) is 5.25. The lowest BCUT2D eigenvalue weighted by Crippen LogP contribution is -2.32. The molecule has 2 heterocycles. The minimum Gasteiger partial charge on any atom is -0.491 e. The molecule has 0 saturated carbocycles. The lowest BCUT2D eigenvalue weighted by Gasteiger charge is -2.14. The molecule has 0 aliphatic carbocycles. The van der Waals surface area contributed by atoms with E-state index in [4.69, 9.17) is 14.1 Å². The van der Waals surface area contributed by atoms with Crippen LogP contribution < -0.4 is 15.4 Å². The molecule has 29 heavy (non-hydrogen) atoms. The van der Waals surface area contributed by atoms with Gasteiger partial charge in [-0.3, -0.25) is 0 Å². The van der Waals surface area contributed by atoms with Crippen LogP contribution in [-0.2, 0) is 13.0 Å². The minimum atomic E-state index is 0. The van der Waals surface area contributed by atoms with Gasteiger partial charge in [0.2, 0.25) is 0 Å². The summed E-state index contributed by atoms with van der Waals surface area (Å²) >= 11 is 1.62. The number of nitrogens with zero attached hydrogens (tertiary/aromatic N) is 2. The molecule has 0 amide bonds. The van der Waals surface area contributed by atoms with Crippen LogP contribution in [0.3, 0.4) is 0 Å². The quantitative estimate of drug-likeness (QED) is 0.238. The third-order valence-corrected chi connectivity index (χ3v) is 4.88. The Balaban J connectivity index is 0.00000300. The Labute approximate surface area is 192 Å². The number of nitrogens with one attached hydrogen (secondary N) is 2. The Morgan fingerprint density at radius 3 is 2.66 bits per heavy atom. The van der Waals surface area contributed by atoms with E-state index in [1.54, 1.807) is 17.6 Å². The number of rotatable bonds is 8. The molecule has 0 unspecified atom stereocenters. The highest BCUT2D eigenvalue weighted by atomic mass is 127. The predicted molar refractivity (Wildman–Crippen MR) is 130 cm³/mol. The fraction of sp³-hybridized carbons (Fsp3) is 0.333. The topological polar surface area (TPSA) is 71.7 Å². The standard InChI is InChI=1S/C21H26N4O2S.HI/c1-15(2)27-19-8-6-17(7-9-19)25-21(22-11-10-18-5-4-12-26-18)23-13-20-16(3)24-14-28-20;/h4-9,12,14-15H,10-11,13H2,1-3H3,(H2,22,23,25);1H. The number of anilines is 1. The molecule has 0 saturated heterocycles. The molecule has 0 spiro atoms. The van der Waals surface area contributed by atoms with Crippen LogP contribution >= 0.6 is 35.3 Å². The van der Waals surface area contributed by atoms with Crippen LogP contribution in [0.25, 0.3) is 0 Å². The fourth-order valence-electron chi connectivity index (χ4n) is 2.55. The number of aromatic nitrogens is 1. The highest BCUT2D eigenvalue weighted by molar-refractivity contribution is 14.0. The Morgan fingerprint density at radius 2 is 2.03 bits per heavy atom. The number of ether oxygens (including phenoxy) is 1. The molecule has 1 aromatic carbocycles. The summed E-state index contributed by atoms with van der Waals surface area (Å²) in [5, 5.41) is 6.73. The number of aliphatic imine (C=N–C) groups is 1. The maximum absolute atomic E-state index is 5.70. The molecule has 0 radical (unpaired) electrons. The summed E-state index contributed by atoms with van der Waals surface area (Å²) < 4.78 is 11.1. The molecule has 0 bridgehead atoms. The third-order valence-electron chi connectivity index (χ3n) is 3.96. The molecule has 0 fully saturated rings. The molecule has 2 N–H and O–H groups in total. The Kier molecular flexibility index (Phi) is 9.46. The summed E-state index contributed by atoms with van der Waals surface area (Å²) in [6.07, 6.45) is 2.63. The number of hydrogen-bond acceptors (Lipinski definition) is 5. The van der Waals surface area contributed by atoms with E-state index in [1.165, 1.54) is 0 Å². The first-order valence-electron chi connectivity index (χ1n) is 9.33. The average molecular weight is 526 g/mol. The number of aryl methyl sites for hydroxylation is 1. The van der Waals surface area contributed by atoms with Gasteiger partial charge in [0.1, 0.15) is 11.5 Å². The van der Waals surface area contributed by atoms with Gasteiger partial charge in [-0.15, -0.1) is 35.3 Å². The minimum absolute atomic E-state index is 0. The van der Waals surface area contributed by atoms with Crippen molar-refractivity contribution in [1.82, 2.24) is 10.3 Å². The average Bonchev–Trinajstić information content (AvgIpc) is 3.32. The first-order valence-corrected chi connectivity index (χ1v) is 10.2. The second-order valence-electron chi connectivity index (χ2n) is 6.60. The van der Waals surface area contributed by atoms with E-state index in [2.05, 4.69) is 15.6 Å². The van der Waals surface area contributed by atoms with Crippen molar-refractivity contribution in [2.45, 2.75) is 39.8 Å². The molecular formula is C21H27IN4O2S. The van der Waals surface area contributed by atoms with Crippen LogP contribution in [0.1, 0.15) is 30.2 Å². The summed E-state index contributed by atoms with van der Waals surface area (Å²) in [6.45, 7) is 7.34. The highest BCUT2D eigenvalue weighted by Gasteiger charge is 2.05. The lowest BCUT2D eigenvalue weighted by atomic mass is 10.3. The van der Waals surface area contributed by atoms with Crippen molar-refractivity contribution in [2.75, 3.05) is 11.9 Å². The van der Waals surface area contributed by atoms with Crippen LogP contribution in [0.15, 0.2) is 57.6 Å². The van der Waals surface area contributed by atoms with E-state index >= 15 is 0 Å². The maximum atomic E-state index is 5.70. The number of hydrogen-bond donors (Lipinski definition) is 2. The van der Waals surface area contributed by atoms with E-state index in [-0.39, 0.29) is 30.1 Å². The normalized spacial score (nSPS) is 11.2. The summed E-state index contributed by atoms with van der Waals surface area (Å²) in [6, 6.07) is 11.8. The number of benzene rings is 1. The zero-order chi connectivity index (χ0) is 19.8. The van der Waals surface area contributed by atoms with Crippen molar-refractivity contribution in [3.8, 4) is 5.75 Å². The van der Waals surface area contributed by atoms with Crippen molar-refractivity contribution in [3.05, 3.63) is 64.5 Å². The first kappa shape index (κ1) is 23.2. The van der Waals surface area contributed by atoms with Gasteiger partial charge in [-0.05, 0) is 57.2 Å². The van der Waals surface area contributed by atoms with E-state index < -0.39 is 0 Å². The van der Waals surface area contributed by atoms with Crippen molar-refractivity contribution in [2.24, 2.45) is 4.99 Å². The monoisotopic (exact) mass is 526 g/mol. The van der Waals surface area contributed by atoms with Crippen molar-refractivity contribution >= 4 is 47.0 Å². The first-order chi connectivity index (χ1) is 13.6. The van der Waals surface area contributed by atoms with Gasteiger partial charge >= 0.3 is 0 Å². The number of halogens is 1. The van der Waals surface area contributed by atoms with E-state index in [1.807, 2.05) is 62.7 Å². The summed E-state index contributed by atoms with van der Waals surface area (Å²) in [5.74, 6) is 2.52. The molecule has 3 rings (SSSR count). The second kappa shape index (κ2) is 11.8. The van der Waals surface area contributed by atoms with Gasteiger partial charge in [0.05, 0.1) is 30.1 Å². The van der Waals surface area contributed by atoms with Crippen molar-refractivity contribution < 1.29 is 9.15 Å². The number of guanidine groups is 1. The highest BCUT2D eigenvalue weighted by Crippen LogP contribution is 2.17. The zero-order valence-corrected chi connectivity index (χ0v) is 20.0. The molecule has 0 aliphatic rings. The van der Waals surface area contributed by atoms with Crippen LogP contribution in [-0.4, -0.2) is 23.6 Å². The van der Waals surface area contributed by atoms with E-state index in [0.29, 0.717) is 6.54 Å². The molecule has 3 aromatic rings. The summed E-state index contributed by atoms with van der Waals surface area (Å²) in [4.78, 5) is 10.2. The van der Waals surface area contributed by atoms with Crippen LogP contribution in [0.5, 0.6) is 5.75 Å². The molecular weight excluding hydrogens is 499 g/mol. The number of thiazole rings is 1. The van der Waals surface area contributed by atoms with Crippen LogP contribution in [0.2, 0.25) is 0 Å². The molecule has 6 nitrogen and oxygen atoms in total. The van der Waals surface area contributed by atoms with E-state index in [9.17, 15) is 0 Å². The van der Waals surface area contributed by atoms with Crippen molar-refractivity contribution in [3.63, 3.8) is 0 Å². The fourth-order valence-corrected chi connectivity index (χ4v) is 3.25. The van der Waals surface area contributed by atoms with Crippen LogP contribution in [0, 0.1) is 6.92 Å². The Morgan fingerprint density at radius 1 is 1.24 bits per heavy atom. The van der Waals surface area contributed by atoms with Gasteiger partial charge in [-0.2, -0.15) is 0 Å². The van der Waals surface area contributed by atoms with Gasteiger partial charge in [0, 0.05) is 23.5 Å².